The fourth-order valence-corrected chi connectivity index (χ4v) is 3.62. The van der Waals surface area contributed by atoms with Crippen molar-refractivity contribution in [2.75, 3.05) is 32.0 Å². The molecule has 0 saturated carbocycles. The second kappa shape index (κ2) is 11.2. The van der Waals surface area contributed by atoms with Crippen LogP contribution < -0.4 is 15.4 Å². The van der Waals surface area contributed by atoms with Crippen LogP contribution >= 0.6 is 0 Å². The van der Waals surface area contributed by atoms with Crippen LogP contribution in [0.3, 0.4) is 0 Å². The lowest BCUT2D eigenvalue weighted by Gasteiger charge is -2.22. The molecule has 1 aliphatic rings. The van der Waals surface area contributed by atoms with E-state index < -0.39 is 10.0 Å². The number of rotatable bonds is 9. The Morgan fingerprint density at radius 3 is 2.70 bits per heavy atom. The van der Waals surface area contributed by atoms with Crippen molar-refractivity contribution in [3.63, 3.8) is 0 Å². The Labute approximate surface area is 160 Å². The molecule has 9 heteroatoms. The minimum atomic E-state index is -3.38. The predicted octanol–water partition coefficient (Wildman–Crippen LogP) is 1.37. The molecule has 1 aromatic rings. The van der Waals surface area contributed by atoms with Crippen molar-refractivity contribution in [1.82, 2.24) is 15.4 Å². The molecular formula is C18H29FN4O3S. The van der Waals surface area contributed by atoms with Gasteiger partial charge >= 0.3 is 0 Å². The first-order valence-corrected chi connectivity index (χ1v) is 11.0. The number of sulfonamides is 1. The fraction of sp³-hybridized carbons (Fsp3) is 0.611. The van der Waals surface area contributed by atoms with Crippen LogP contribution in [0.25, 0.3) is 0 Å². The van der Waals surface area contributed by atoms with Crippen molar-refractivity contribution in [3.8, 4) is 0 Å². The molecule has 1 unspecified atom stereocenters. The molecule has 1 aromatic carbocycles. The van der Waals surface area contributed by atoms with Crippen LogP contribution in [-0.2, 0) is 21.3 Å². The van der Waals surface area contributed by atoms with Crippen LogP contribution in [0.2, 0.25) is 0 Å². The van der Waals surface area contributed by atoms with Crippen molar-refractivity contribution in [1.29, 1.82) is 0 Å². The van der Waals surface area contributed by atoms with E-state index in [-0.39, 0.29) is 24.2 Å². The molecule has 1 saturated heterocycles. The highest BCUT2D eigenvalue weighted by molar-refractivity contribution is 7.89. The summed E-state index contributed by atoms with van der Waals surface area (Å²) in [6.07, 6.45) is 2.97. The normalized spacial score (nSPS) is 18.3. The molecule has 0 aromatic heterocycles. The molecule has 0 amide bonds. The average molecular weight is 401 g/mol. The summed E-state index contributed by atoms with van der Waals surface area (Å²) < 4.78 is 45.3. The van der Waals surface area contributed by atoms with Crippen LogP contribution in [0.1, 0.15) is 31.7 Å². The first-order chi connectivity index (χ1) is 13.0. The maximum Gasteiger partial charge on any atom is 0.213 e. The van der Waals surface area contributed by atoms with Gasteiger partial charge in [-0.25, -0.2) is 22.5 Å². The Bertz CT molecular complexity index is 689. The average Bonchev–Trinajstić information content (AvgIpc) is 2.66. The van der Waals surface area contributed by atoms with Gasteiger partial charge in [-0.2, -0.15) is 0 Å². The summed E-state index contributed by atoms with van der Waals surface area (Å²) in [5.41, 5.74) is 0.871. The minimum Gasteiger partial charge on any atom is -0.377 e. The van der Waals surface area contributed by atoms with Crippen molar-refractivity contribution >= 4 is 16.0 Å². The van der Waals surface area contributed by atoms with Gasteiger partial charge in [-0.1, -0.05) is 12.1 Å². The molecule has 2 rings (SSSR count). The van der Waals surface area contributed by atoms with Gasteiger partial charge in [0.1, 0.15) is 5.82 Å². The van der Waals surface area contributed by atoms with E-state index >= 15 is 0 Å². The van der Waals surface area contributed by atoms with Crippen LogP contribution in [0.15, 0.2) is 29.3 Å². The lowest BCUT2D eigenvalue weighted by Crippen LogP contribution is -2.42. The Balaban J connectivity index is 1.76. The highest BCUT2D eigenvalue weighted by atomic mass is 32.2. The van der Waals surface area contributed by atoms with Crippen LogP contribution in [-0.4, -0.2) is 52.5 Å². The first kappa shape index (κ1) is 21.6. The molecule has 0 aliphatic carbocycles. The molecule has 3 N–H and O–H groups in total. The summed E-state index contributed by atoms with van der Waals surface area (Å²) in [7, 11) is -3.38. The number of hydrogen-bond donors (Lipinski definition) is 3. The van der Waals surface area contributed by atoms with Gasteiger partial charge < -0.3 is 15.4 Å². The molecule has 1 heterocycles. The number of hydrogen-bond acceptors (Lipinski definition) is 4. The standard InChI is InChI=1S/C18H29FN4O3S/c1-2-20-18(22-13-15-6-8-16(19)9-7-15)21-10-12-27(24,25)23-14-17-5-3-4-11-26-17/h6-9,17,23H,2-5,10-14H2,1H3,(H2,20,21,22). The molecule has 0 bridgehead atoms. The third-order valence-electron chi connectivity index (χ3n) is 4.15. The zero-order valence-electron chi connectivity index (χ0n) is 15.7. The van der Waals surface area contributed by atoms with Gasteiger partial charge in [0.25, 0.3) is 0 Å². The molecule has 1 aliphatic heterocycles. The van der Waals surface area contributed by atoms with E-state index in [9.17, 15) is 12.8 Å². The monoisotopic (exact) mass is 400 g/mol. The topological polar surface area (TPSA) is 91.8 Å². The summed E-state index contributed by atoms with van der Waals surface area (Å²) in [5, 5.41) is 6.07. The number of benzene rings is 1. The third-order valence-corrected chi connectivity index (χ3v) is 5.49. The van der Waals surface area contributed by atoms with Crippen molar-refractivity contribution < 1.29 is 17.5 Å². The summed E-state index contributed by atoms with van der Waals surface area (Å²) in [5.74, 6) is 0.178. The van der Waals surface area contributed by atoms with E-state index in [1.807, 2.05) is 6.92 Å². The number of nitrogens with one attached hydrogen (secondary N) is 3. The number of guanidine groups is 1. The van der Waals surface area contributed by atoms with Gasteiger partial charge in [-0.05, 0) is 43.9 Å². The number of ether oxygens (including phenoxy) is 1. The van der Waals surface area contributed by atoms with E-state index in [2.05, 4.69) is 20.3 Å². The zero-order valence-corrected chi connectivity index (χ0v) is 16.5. The Morgan fingerprint density at radius 1 is 1.26 bits per heavy atom. The summed E-state index contributed by atoms with van der Waals surface area (Å²) in [4.78, 5) is 4.39. The van der Waals surface area contributed by atoms with Gasteiger partial charge in [0.2, 0.25) is 10.0 Å². The highest BCUT2D eigenvalue weighted by Gasteiger charge is 2.17. The van der Waals surface area contributed by atoms with E-state index in [0.29, 0.717) is 32.2 Å². The Morgan fingerprint density at radius 2 is 2.04 bits per heavy atom. The zero-order chi connectivity index (χ0) is 19.5. The van der Waals surface area contributed by atoms with Crippen LogP contribution in [0.4, 0.5) is 4.39 Å². The highest BCUT2D eigenvalue weighted by Crippen LogP contribution is 2.11. The van der Waals surface area contributed by atoms with Gasteiger partial charge in [0, 0.05) is 26.2 Å². The SMILES string of the molecule is CCNC(=NCc1ccc(F)cc1)NCCS(=O)(=O)NCC1CCCCO1. The van der Waals surface area contributed by atoms with Crippen molar-refractivity contribution in [2.45, 2.75) is 38.8 Å². The van der Waals surface area contributed by atoms with E-state index in [4.69, 9.17) is 4.74 Å². The molecule has 1 fully saturated rings. The number of halogens is 1. The van der Waals surface area contributed by atoms with E-state index in [1.165, 1.54) is 12.1 Å². The number of aliphatic imine (C=N–C) groups is 1. The van der Waals surface area contributed by atoms with Crippen LogP contribution in [0.5, 0.6) is 0 Å². The fourth-order valence-electron chi connectivity index (χ4n) is 2.67. The van der Waals surface area contributed by atoms with Crippen LogP contribution in [0, 0.1) is 5.82 Å². The summed E-state index contributed by atoms with van der Waals surface area (Å²) in [6.45, 7) is 4.21. The Hall–Kier alpha value is -1.71. The lowest BCUT2D eigenvalue weighted by atomic mass is 10.1. The minimum absolute atomic E-state index is 0.0314. The first-order valence-electron chi connectivity index (χ1n) is 9.34. The molecule has 27 heavy (non-hydrogen) atoms. The summed E-state index contributed by atoms with van der Waals surface area (Å²) >= 11 is 0. The van der Waals surface area contributed by atoms with Gasteiger partial charge in [-0.3, -0.25) is 0 Å². The molecule has 0 spiro atoms. The molecular weight excluding hydrogens is 371 g/mol. The maximum absolute atomic E-state index is 12.9. The second-order valence-corrected chi connectivity index (χ2v) is 8.33. The number of nitrogens with zero attached hydrogens (tertiary/aromatic N) is 1. The largest absolute Gasteiger partial charge is 0.377 e. The second-order valence-electron chi connectivity index (χ2n) is 6.40. The Kier molecular flexibility index (Phi) is 8.96. The van der Waals surface area contributed by atoms with E-state index in [0.717, 1.165) is 24.8 Å². The molecule has 152 valence electrons. The molecule has 7 nitrogen and oxygen atoms in total. The van der Waals surface area contributed by atoms with Crippen molar-refractivity contribution in [2.24, 2.45) is 4.99 Å². The van der Waals surface area contributed by atoms with Gasteiger partial charge in [0.05, 0.1) is 18.4 Å². The van der Waals surface area contributed by atoms with E-state index in [1.54, 1.807) is 12.1 Å². The quantitative estimate of drug-likeness (QED) is 0.430. The van der Waals surface area contributed by atoms with Gasteiger partial charge in [0.15, 0.2) is 5.96 Å². The summed E-state index contributed by atoms with van der Waals surface area (Å²) in [6, 6.07) is 6.12. The smallest absolute Gasteiger partial charge is 0.213 e. The lowest BCUT2D eigenvalue weighted by molar-refractivity contribution is 0.0200. The van der Waals surface area contributed by atoms with Crippen molar-refractivity contribution in [3.05, 3.63) is 35.6 Å². The third kappa shape index (κ3) is 8.68. The molecule has 0 radical (unpaired) electrons. The predicted molar refractivity (Wildman–Crippen MR) is 105 cm³/mol. The maximum atomic E-state index is 12.9. The van der Waals surface area contributed by atoms with Gasteiger partial charge in [-0.15, -0.1) is 0 Å². The molecule has 1 atom stereocenters.